The summed E-state index contributed by atoms with van der Waals surface area (Å²) in [7, 11) is 0. The minimum absolute atomic E-state index is 0.523. The molecule has 0 aliphatic rings. The molecule has 0 unspecified atom stereocenters. The molecule has 0 amide bonds. The molecule has 6 heteroatoms. The van der Waals surface area contributed by atoms with Crippen molar-refractivity contribution in [1.82, 2.24) is 10.3 Å². The summed E-state index contributed by atoms with van der Waals surface area (Å²) in [5, 5.41) is 6.50. The zero-order valence-corrected chi connectivity index (χ0v) is 12.7. The second kappa shape index (κ2) is 6.32. The number of nitrogens with one attached hydrogen (secondary N) is 2. The predicted molar refractivity (Wildman–Crippen MR) is 78.8 cm³/mol. The first kappa shape index (κ1) is 13.6. The van der Waals surface area contributed by atoms with Gasteiger partial charge in [0.1, 0.15) is 5.82 Å². The van der Waals surface area contributed by atoms with Crippen LogP contribution in [0.5, 0.6) is 0 Å². The Hall–Kier alpha value is -0.460. The third-order valence-electron chi connectivity index (χ3n) is 1.84. The Morgan fingerprint density at radius 3 is 2.94 bits per heavy atom. The summed E-state index contributed by atoms with van der Waals surface area (Å²) in [6, 6.07) is 0. The van der Waals surface area contributed by atoms with Crippen LogP contribution in [-0.2, 0) is 0 Å². The normalized spacial score (nSPS) is 9.69. The standard InChI is InChI=1S/C10H11Br2N3S/c1-3-4-13-10(16)15-9-8(12)6(2)7(11)5-14-9/h3,5H,1,4H2,2H3,(H2,13,14,15,16). The van der Waals surface area contributed by atoms with Crippen molar-refractivity contribution in [3.8, 4) is 0 Å². The van der Waals surface area contributed by atoms with Crippen LogP contribution in [0.1, 0.15) is 5.56 Å². The van der Waals surface area contributed by atoms with Gasteiger partial charge in [-0.2, -0.15) is 0 Å². The molecule has 0 bridgehead atoms. The summed E-state index contributed by atoms with van der Waals surface area (Å²) < 4.78 is 1.85. The molecule has 3 nitrogen and oxygen atoms in total. The first-order chi connectivity index (χ1) is 7.56. The molecule has 0 radical (unpaired) electrons. The maximum absolute atomic E-state index is 5.09. The van der Waals surface area contributed by atoms with Gasteiger partial charge in [0, 0.05) is 17.2 Å². The van der Waals surface area contributed by atoms with Gasteiger partial charge in [-0.3, -0.25) is 0 Å². The zero-order valence-electron chi connectivity index (χ0n) is 8.68. The molecule has 0 fully saturated rings. The van der Waals surface area contributed by atoms with E-state index < -0.39 is 0 Å². The number of anilines is 1. The molecule has 0 aliphatic heterocycles. The summed E-state index contributed by atoms with van der Waals surface area (Å²) in [5.41, 5.74) is 1.07. The Morgan fingerprint density at radius 1 is 1.62 bits per heavy atom. The van der Waals surface area contributed by atoms with Gasteiger partial charge < -0.3 is 10.6 Å². The third kappa shape index (κ3) is 3.54. The lowest BCUT2D eigenvalue weighted by Gasteiger charge is -2.11. The molecule has 0 spiro atoms. The van der Waals surface area contributed by atoms with E-state index in [9.17, 15) is 0 Å². The maximum atomic E-state index is 5.09. The van der Waals surface area contributed by atoms with Gasteiger partial charge in [0.2, 0.25) is 0 Å². The number of rotatable bonds is 3. The van der Waals surface area contributed by atoms with E-state index in [4.69, 9.17) is 12.2 Å². The summed E-state index contributed by atoms with van der Waals surface area (Å²) in [5.74, 6) is 0.697. The lowest BCUT2D eigenvalue weighted by Crippen LogP contribution is -2.28. The van der Waals surface area contributed by atoms with E-state index in [0.29, 0.717) is 17.5 Å². The van der Waals surface area contributed by atoms with Crippen LogP contribution in [0.25, 0.3) is 0 Å². The number of hydrogen-bond donors (Lipinski definition) is 2. The molecule has 0 saturated carbocycles. The number of aromatic nitrogens is 1. The van der Waals surface area contributed by atoms with E-state index in [-0.39, 0.29) is 0 Å². The highest BCUT2D eigenvalue weighted by atomic mass is 79.9. The van der Waals surface area contributed by atoms with Gasteiger partial charge in [0.15, 0.2) is 5.11 Å². The highest BCUT2D eigenvalue weighted by molar-refractivity contribution is 9.11. The van der Waals surface area contributed by atoms with Gasteiger partial charge >= 0.3 is 0 Å². The van der Waals surface area contributed by atoms with Gasteiger partial charge in [-0.05, 0) is 56.6 Å². The highest BCUT2D eigenvalue weighted by Gasteiger charge is 2.08. The van der Waals surface area contributed by atoms with E-state index in [1.54, 1.807) is 12.3 Å². The third-order valence-corrected chi connectivity index (χ3v) is 3.86. The molecule has 0 saturated heterocycles. The van der Waals surface area contributed by atoms with Crippen molar-refractivity contribution in [3.05, 3.63) is 33.4 Å². The topological polar surface area (TPSA) is 37.0 Å². The van der Waals surface area contributed by atoms with E-state index >= 15 is 0 Å². The number of hydrogen-bond acceptors (Lipinski definition) is 2. The van der Waals surface area contributed by atoms with Gasteiger partial charge in [0.05, 0.1) is 4.47 Å². The highest BCUT2D eigenvalue weighted by Crippen LogP contribution is 2.29. The Bertz CT molecular complexity index is 421. The first-order valence-electron chi connectivity index (χ1n) is 4.52. The average Bonchev–Trinajstić information content (AvgIpc) is 2.27. The molecule has 1 aromatic rings. The van der Waals surface area contributed by atoms with Gasteiger partial charge in [-0.15, -0.1) is 6.58 Å². The Balaban J connectivity index is 2.78. The summed E-state index contributed by atoms with van der Waals surface area (Å²) in [6.07, 6.45) is 3.47. The second-order valence-corrected chi connectivity index (χ2v) is 5.07. The lowest BCUT2D eigenvalue weighted by molar-refractivity contribution is 1.06. The van der Waals surface area contributed by atoms with Crippen LogP contribution in [0.2, 0.25) is 0 Å². The van der Waals surface area contributed by atoms with E-state index in [1.807, 2.05) is 6.92 Å². The van der Waals surface area contributed by atoms with Gasteiger partial charge in [-0.1, -0.05) is 6.08 Å². The van der Waals surface area contributed by atoms with Crippen molar-refractivity contribution in [2.75, 3.05) is 11.9 Å². The fourth-order valence-corrected chi connectivity index (χ4v) is 2.12. The van der Waals surface area contributed by atoms with Crippen molar-refractivity contribution in [2.45, 2.75) is 6.92 Å². The van der Waals surface area contributed by atoms with E-state index in [0.717, 1.165) is 14.5 Å². The molecule has 0 atom stereocenters. The lowest BCUT2D eigenvalue weighted by atomic mass is 10.3. The molecule has 2 N–H and O–H groups in total. The fraction of sp³-hybridized carbons (Fsp3) is 0.200. The summed E-state index contributed by atoms with van der Waals surface area (Å²) in [4.78, 5) is 4.23. The monoisotopic (exact) mass is 363 g/mol. The van der Waals surface area contributed by atoms with Crippen molar-refractivity contribution < 1.29 is 0 Å². The predicted octanol–water partition coefficient (Wildman–Crippen LogP) is 3.39. The molecule has 0 aliphatic carbocycles. The first-order valence-corrected chi connectivity index (χ1v) is 6.52. The Kier molecular flexibility index (Phi) is 5.37. The Labute approximate surface area is 117 Å². The molecule has 16 heavy (non-hydrogen) atoms. The van der Waals surface area contributed by atoms with Crippen LogP contribution in [0.3, 0.4) is 0 Å². The molecule has 1 rings (SSSR count). The maximum Gasteiger partial charge on any atom is 0.172 e. The molecule has 1 heterocycles. The number of pyridine rings is 1. The summed E-state index contributed by atoms with van der Waals surface area (Å²) >= 11 is 12.0. The molecular formula is C10H11Br2N3S. The quantitative estimate of drug-likeness (QED) is 0.636. The van der Waals surface area contributed by atoms with Crippen molar-refractivity contribution in [1.29, 1.82) is 0 Å². The number of halogens is 2. The van der Waals surface area contributed by atoms with E-state index in [2.05, 4.69) is 54.1 Å². The molecule has 86 valence electrons. The van der Waals surface area contributed by atoms with Gasteiger partial charge in [0.25, 0.3) is 0 Å². The molecular weight excluding hydrogens is 354 g/mol. The van der Waals surface area contributed by atoms with Gasteiger partial charge in [-0.25, -0.2) is 4.98 Å². The molecule has 0 aromatic carbocycles. The van der Waals surface area contributed by atoms with Crippen LogP contribution < -0.4 is 10.6 Å². The van der Waals surface area contributed by atoms with Crippen LogP contribution >= 0.6 is 44.1 Å². The SMILES string of the molecule is C=CCNC(=S)Nc1ncc(Br)c(C)c1Br. The number of thiocarbonyl (C=S) groups is 1. The second-order valence-electron chi connectivity index (χ2n) is 3.02. The van der Waals surface area contributed by atoms with Crippen molar-refractivity contribution in [3.63, 3.8) is 0 Å². The van der Waals surface area contributed by atoms with E-state index in [1.165, 1.54) is 0 Å². The van der Waals surface area contributed by atoms with Crippen LogP contribution in [0.4, 0.5) is 5.82 Å². The zero-order chi connectivity index (χ0) is 12.1. The number of nitrogens with zero attached hydrogens (tertiary/aromatic N) is 1. The molecule has 1 aromatic heterocycles. The Morgan fingerprint density at radius 2 is 2.31 bits per heavy atom. The smallest absolute Gasteiger partial charge is 0.172 e. The average molecular weight is 365 g/mol. The largest absolute Gasteiger partial charge is 0.359 e. The van der Waals surface area contributed by atoms with Crippen molar-refractivity contribution >= 4 is 55.0 Å². The minimum atomic E-state index is 0.523. The van der Waals surface area contributed by atoms with Crippen LogP contribution in [0.15, 0.2) is 27.8 Å². The minimum Gasteiger partial charge on any atom is -0.359 e. The summed E-state index contributed by atoms with van der Waals surface area (Å²) in [6.45, 7) is 6.21. The van der Waals surface area contributed by atoms with Crippen molar-refractivity contribution in [2.24, 2.45) is 0 Å². The fourth-order valence-electron chi connectivity index (χ4n) is 0.961. The van der Waals surface area contributed by atoms with Crippen LogP contribution in [-0.4, -0.2) is 16.6 Å². The van der Waals surface area contributed by atoms with Crippen LogP contribution in [0, 0.1) is 6.92 Å².